The molecule has 6 heteroatoms. The Morgan fingerprint density at radius 2 is 1.43 bits per heavy atom. The second-order valence-corrected chi connectivity index (χ2v) is 12.3. The minimum Gasteiger partial charge on any atom is -0.455 e. The molecule has 0 aliphatic carbocycles. The van der Waals surface area contributed by atoms with E-state index in [2.05, 4.69) is 57.3 Å². The van der Waals surface area contributed by atoms with Crippen LogP contribution in [0.15, 0.2) is 89.3 Å². The Kier molecular flexibility index (Phi) is 9.29. The van der Waals surface area contributed by atoms with Crippen molar-refractivity contribution in [1.29, 1.82) is 0 Å². The Balaban J connectivity index is 1.48. The smallest absolute Gasteiger partial charge is 0.253 e. The molecule has 3 N–H and O–H groups in total. The third-order valence-corrected chi connectivity index (χ3v) is 7.79. The molecular weight excluding hydrogens is 551 g/mol. The van der Waals surface area contributed by atoms with Gasteiger partial charge in [-0.1, -0.05) is 70.2 Å². The van der Waals surface area contributed by atoms with Crippen molar-refractivity contribution in [1.82, 2.24) is 5.32 Å². The molecule has 0 aliphatic heterocycles. The number of amides is 2. The van der Waals surface area contributed by atoms with Crippen molar-refractivity contribution in [3.05, 3.63) is 119 Å². The molecule has 0 unspecified atom stereocenters. The molecular formula is C38H39FN2O3. The first-order valence-electron chi connectivity index (χ1n) is 15.2. The molecule has 1 aromatic heterocycles. The number of nitrogens with two attached hydrogens (primary N) is 1. The van der Waals surface area contributed by atoms with Crippen LogP contribution in [0, 0.1) is 17.7 Å². The Labute approximate surface area is 258 Å². The lowest BCUT2D eigenvalue weighted by Gasteiger charge is -2.14. The van der Waals surface area contributed by atoms with Crippen LogP contribution in [0.5, 0.6) is 0 Å². The van der Waals surface area contributed by atoms with Crippen LogP contribution in [0.25, 0.3) is 33.4 Å². The average Bonchev–Trinajstić information content (AvgIpc) is 3.38. The summed E-state index contributed by atoms with van der Waals surface area (Å²) in [5, 5.41) is 3.68. The predicted molar refractivity (Wildman–Crippen MR) is 175 cm³/mol. The van der Waals surface area contributed by atoms with Gasteiger partial charge in [0, 0.05) is 23.1 Å². The monoisotopic (exact) mass is 590 g/mol. The average molecular weight is 591 g/mol. The van der Waals surface area contributed by atoms with E-state index in [1.807, 2.05) is 36.4 Å². The fraction of sp³-hybridized carbons (Fsp3) is 0.263. The number of hydrogen-bond acceptors (Lipinski definition) is 3. The zero-order valence-corrected chi connectivity index (χ0v) is 25.7. The fourth-order valence-electron chi connectivity index (χ4n) is 5.38. The Morgan fingerprint density at radius 3 is 2.09 bits per heavy atom. The maximum Gasteiger partial charge on any atom is 0.253 e. The highest BCUT2D eigenvalue weighted by atomic mass is 19.1. The summed E-state index contributed by atoms with van der Waals surface area (Å²) >= 11 is 0. The van der Waals surface area contributed by atoms with E-state index >= 15 is 0 Å². The van der Waals surface area contributed by atoms with Gasteiger partial charge in [-0.05, 0) is 101 Å². The first kappa shape index (κ1) is 30.7. The Hall–Kier alpha value is -4.71. The minimum atomic E-state index is -0.621. The van der Waals surface area contributed by atoms with Gasteiger partial charge < -0.3 is 15.5 Å². The molecule has 44 heavy (non-hydrogen) atoms. The van der Waals surface area contributed by atoms with E-state index in [1.54, 1.807) is 12.1 Å². The van der Waals surface area contributed by atoms with Crippen LogP contribution in [0.3, 0.4) is 0 Å². The highest BCUT2D eigenvalue weighted by Crippen LogP contribution is 2.35. The summed E-state index contributed by atoms with van der Waals surface area (Å²) in [6.07, 6.45) is 2.70. The van der Waals surface area contributed by atoms with Crippen LogP contribution in [-0.4, -0.2) is 18.4 Å². The normalized spacial score (nSPS) is 11.4. The van der Waals surface area contributed by atoms with Crippen LogP contribution < -0.4 is 11.1 Å². The Morgan fingerprint density at radius 1 is 0.795 bits per heavy atom. The Bertz CT molecular complexity index is 1780. The van der Waals surface area contributed by atoms with E-state index in [4.69, 9.17) is 10.2 Å². The third-order valence-electron chi connectivity index (χ3n) is 7.79. The van der Waals surface area contributed by atoms with E-state index in [0.717, 1.165) is 35.1 Å². The lowest BCUT2D eigenvalue weighted by atomic mass is 9.93. The maximum atomic E-state index is 13.5. The van der Waals surface area contributed by atoms with E-state index in [0.29, 0.717) is 52.7 Å². The molecule has 5 aromatic rings. The molecule has 0 saturated carbocycles. The summed E-state index contributed by atoms with van der Waals surface area (Å²) in [6.45, 7) is 9.18. The second-order valence-electron chi connectivity index (χ2n) is 12.3. The summed E-state index contributed by atoms with van der Waals surface area (Å²) in [4.78, 5) is 26.0. The van der Waals surface area contributed by atoms with Crippen molar-refractivity contribution in [3.8, 4) is 22.5 Å². The summed E-state index contributed by atoms with van der Waals surface area (Å²) in [5.41, 5.74) is 12.8. The molecule has 2 amide bonds. The number of benzene rings is 4. The van der Waals surface area contributed by atoms with Crippen LogP contribution >= 0.6 is 0 Å². The van der Waals surface area contributed by atoms with Crippen molar-refractivity contribution < 1.29 is 18.4 Å². The standard InChI is InChI=1S/C38H39FN2O3/c1-23(2)5-6-25-7-11-28(12-8-25)31-17-9-26(20-32(31)38(43)41-22-24(3)4)19-27-10-18-34-33(21-27)35(37(40)42)36(44-34)29-13-15-30(39)16-14-29/h7-18,20-21,23-24H,5-6,19,22H2,1-4H3,(H2,40,42)(H,41,43). The van der Waals surface area contributed by atoms with Gasteiger partial charge in [0.1, 0.15) is 17.2 Å². The quantitative estimate of drug-likeness (QED) is 0.162. The maximum absolute atomic E-state index is 13.5. The lowest BCUT2D eigenvalue weighted by Crippen LogP contribution is -2.27. The van der Waals surface area contributed by atoms with Crippen molar-refractivity contribution in [2.24, 2.45) is 17.6 Å². The number of aryl methyl sites for hydroxylation is 1. The number of carbonyl (C=O) groups is 2. The van der Waals surface area contributed by atoms with Gasteiger partial charge in [0.05, 0.1) is 5.56 Å². The van der Waals surface area contributed by atoms with Gasteiger partial charge in [-0.3, -0.25) is 9.59 Å². The van der Waals surface area contributed by atoms with Gasteiger partial charge >= 0.3 is 0 Å². The number of rotatable bonds is 11. The van der Waals surface area contributed by atoms with Crippen molar-refractivity contribution in [3.63, 3.8) is 0 Å². The van der Waals surface area contributed by atoms with E-state index in [-0.39, 0.29) is 17.3 Å². The fourth-order valence-corrected chi connectivity index (χ4v) is 5.38. The molecule has 0 radical (unpaired) electrons. The third kappa shape index (κ3) is 7.08. The molecule has 5 nitrogen and oxygen atoms in total. The molecule has 5 rings (SSSR count). The van der Waals surface area contributed by atoms with Gasteiger partial charge in [-0.2, -0.15) is 0 Å². The molecule has 4 aromatic carbocycles. The topological polar surface area (TPSA) is 85.3 Å². The minimum absolute atomic E-state index is 0.107. The summed E-state index contributed by atoms with van der Waals surface area (Å²) in [6, 6.07) is 25.9. The number of halogens is 1. The number of fused-ring (bicyclic) bond motifs is 1. The number of furan rings is 1. The molecule has 0 saturated heterocycles. The first-order valence-corrected chi connectivity index (χ1v) is 15.2. The summed E-state index contributed by atoms with van der Waals surface area (Å²) < 4.78 is 19.5. The van der Waals surface area contributed by atoms with Crippen LogP contribution in [0.1, 0.15) is 71.5 Å². The van der Waals surface area contributed by atoms with Crippen molar-refractivity contribution in [2.75, 3.05) is 6.54 Å². The largest absolute Gasteiger partial charge is 0.455 e. The molecule has 0 spiro atoms. The van der Waals surface area contributed by atoms with E-state index < -0.39 is 5.91 Å². The van der Waals surface area contributed by atoms with Crippen molar-refractivity contribution in [2.45, 2.75) is 47.0 Å². The zero-order valence-electron chi connectivity index (χ0n) is 25.7. The molecule has 0 atom stereocenters. The van der Waals surface area contributed by atoms with E-state index in [1.165, 1.54) is 17.7 Å². The predicted octanol–water partition coefficient (Wildman–Crippen LogP) is 8.57. The SMILES string of the molecule is CC(C)CCc1ccc(-c2ccc(Cc3ccc4oc(-c5ccc(F)cc5)c(C(N)=O)c4c3)cc2C(=O)NCC(C)C)cc1. The van der Waals surface area contributed by atoms with Gasteiger partial charge in [0.15, 0.2) is 0 Å². The number of nitrogens with one attached hydrogen (secondary N) is 1. The highest BCUT2D eigenvalue weighted by molar-refractivity contribution is 6.10. The molecule has 0 fully saturated rings. The summed E-state index contributed by atoms with van der Waals surface area (Å²) in [5.74, 6) is 0.176. The summed E-state index contributed by atoms with van der Waals surface area (Å²) in [7, 11) is 0. The van der Waals surface area contributed by atoms with Gasteiger partial charge in [0.25, 0.3) is 11.8 Å². The van der Waals surface area contributed by atoms with Crippen LogP contribution in [-0.2, 0) is 12.8 Å². The van der Waals surface area contributed by atoms with Gasteiger partial charge in [-0.15, -0.1) is 0 Å². The van der Waals surface area contributed by atoms with Gasteiger partial charge in [0.2, 0.25) is 0 Å². The van der Waals surface area contributed by atoms with E-state index in [9.17, 15) is 14.0 Å². The molecule has 1 heterocycles. The lowest BCUT2D eigenvalue weighted by molar-refractivity contribution is 0.0948. The highest BCUT2D eigenvalue weighted by Gasteiger charge is 2.21. The second kappa shape index (κ2) is 13.3. The first-order chi connectivity index (χ1) is 21.1. The van der Waals surface area contributed by atoms with Crippen molar-refractivity contribution >= 4 is 22.8 Å². The molecule has 0 aliphatic rings. The molecule has 0 bridgehead atoms. The molecule has 226 valence electrons. The van der Waals surface area contributed by atoms with Crippen LogP contribution in [0.4, 0.5) is 4.39 Å². The zero-order chi connectivity index (χ0) is 31.4. The number of primary amides is 1. The number of hydrogen-bond donors (Lipinski definition) is 2. The number of carbonyl (C=O) groups excluding carboxylic acids is 2. The van der Waals surface area contributed by atoms with Gasteiger partial charge in [-0.25, -0.2) is 4.39 Å². The van der Waals surface area contributed by atoms with Crippen LogP contribution in [0.2, 0.25) is 0 Å².